The third kappa shape index (κ3) is 3.65. The summed E-state index contributed by atoms with van der Waals surface area (Å²) in [6, 6.07) is 14.0. The SMILES string of the molecule is Cc1ccc(C)c(OCc2ccccc2C(Cl)Cl)c1. The Morgan fingerprint density at radius 2 is 1.79 bits per heavy atom. The third-order valence-electron chi connectivity index (χ3n) is 3.02. The number of aryl methyl sites for hydroxylation is 2. The van der Waals surface area contributed by atoms with Gasteiger partial charge in [-0.1, -0.05) is 36.4 Å². The number of ether oxygens (including phenoxy) is 1. The van der Waals surface area contributed by atoms with Crippen LogP contribution >= 0.6 is 23.2 Å². The number of halogens is 2. The summed E-state index contributed by atoms with van der Waals surface area (Å²) in [5.74, 6) is 0.899. The van der Waals surface area contributed by atoms with Gasteiger partial charge < -0.3 is 4.74 Å². The van der Waals surface area contributed by atoms with Gasteiger partial charge in [0.05, 0.1) is 0 Å². The van der Waals surface area contributed by atoms with Crippen molar-refractivity contribution in [2.45, 2.75) is 25.3 Å². The first-order valence-electron chi connectivity index (χ1n) is 6.14. The molecule has 0 spiro atoms. The number of hydrogen-bond donors (Lipinski definition) is 0. The fraction of sp³-hybridized carbons (Fsp3) is 0.250. The molecule has 2 aromatic rings. The van der Waals surface area contributed by atoms with Gasteiger partial charge in [0.25, 0.3) is 0 Å². The first kappa shape index (κ1) is 14.2. The van der Waals surface area contributed by atoms with E-state index < -0.39 is 4.84 Å². The number of benzene rings is 2. The Labute approximate surface area is 124 Å². The molecule has 0 radical (unpaired) electrons. The van der Waals surface area contributed by atoms with Crippen molar-refractivity contribution in [1.29, 1.82) is 0 Å². The predicted octanol–water partition coefficient (Wildman–Crippen LogP) is 5.36. The molecule has 0 aliphatic rings. The summed E-state index contributed by atoms with van der Waals surface area (Å²) >= 11 is 11.9. The zero-order valence-corrected chi connectivity index (χ0v) is 12.5. The van der Waals surface area contributed by atoms with Crippen LogP contribution in [0, 0.1) is 13.8 Å². The third-order valence-corrected chi connectivity index (χ3v) is 3.49. The molecule has 0 unspecified atom stereocenters. The highest BCUT2D eigenvalue weighted by Gasteiger charge is 2.10. The van der Waals surface area contributed by atoms with Crippen molar-refractivity contribution >= 4 is 23.2 Å². The molecule has 100 valence electrons. The number of alkyl halides is 2. The zero-order valence-electron chi connectivity index (χ0n) is 11.0. The molecular formula is C16H16Cl2O. The smallest absolute Gasteiger partial charge is 0.133 e. The molecule has 0 N–H and O–H groups in total. The lowest BCUT2D eigenvalue weighted by atomic mass is 10.1. The number of rotatable bonds is 4. The molecule has 1 nitrogen and oxygen atoms in total. The van der Waals surface area contributed by atoms with Gasteiger partial charge in [0.2, 0.25) is 0 Å². The normalized spacial score (nSPS) is 10.8. The Hall–Kier alpha value is -1.18. The van der Waals surface area contributed by atoms with Crippen molar-refractivity contribution in [3.8, 4) is 5.75 Å². The van der Waals surface area contributed by atoms with Gasteiger partial charge in [-0.2, -0.15) is 0 Å². The molecule has 0 saturated carbocycles. The molecule has 0 aromatic heterocycles. The molecule has 0 bridgehead atoms. The Bertz CT molecular complexity index is 564. The Balaban J connectivity index is 2.17. The Morgan fingerprint density at radius 3 is 2.53 bits per heavy atom. The molecule has 2 rings (SSSR count). The molecule has 0 saturated heterocycles. The average molecular weight is 295 g/mol. The van der Waals surface area contributed by atoms with E-state index in [4.69, 9.17) is 27.9 Å². The highest BCUT2D eigenvalue weighted by molar-refractivity contribution is 6.44. The maximum Gasteiger partial charge on any atom is 0.133 e. The van der Waals surface area contributed by atoms with E-state index in [2.05, 4.69) is 12.1 Å². The van der Waals surface area contributed by atoms with Crippen LogP contribution in [0.4, 0.5) is 0 Å². The second kappa shape index (κ2) is 6.31. The van der Waals surface area contributed by atoms with Gasteiger partial charge in [0, 0.05) is 0 Å². The fourth-order valence-corrected chi connectivity index (χ4v) is 2.32. The van der Waals surface area contributed by atoms with Crippen molar-refractivity contribution in [3.05, 3.63) is 64.7 Å². The average Bonchev–Trinajstić information content (AvgIpc) is 2.40. The minimum atomic E-state index is -0.529. The lowest BCUT2D eigenvalue weighted by Gasteiger charge is -2.13. The summed E-state index contributed by atoms with van der Waals surface area (Å²) in [5.41, 5.74) is 4.22. The first-order chi connectivity index (χ1) is 9.08. The Kier molecular flexibility index (Phi) is 4.73. The minimum absolute atomic E-state index is 0.469. The highest BCUT2D eigenvalue weighted by atomic mass is 35.5. The second-order valence-corrected chi connectivity index (χ2v) is 5.65. The molecule has 0 fully saturated rings. The van der Waals surface area contributed by atoms with E-state index in [1.54, 1.807) is 0 Å². The summed E-state index contributed by atoms with van der Waals surface area (Å²) in [6.45, 7) is 4.55. The largest absolute Gasteiger partial charge is 0.489 e. The van der Waals surface area contributed by atoms with E-state index >= 15 is 0 Å². The van der Waals surface area contributed by atoms with Crippen LogP contribution in [0.5, 0.6) is 5.75 Å². The van der Waals surface area contributed by atoms with Crippen LogP contribution in [-0.4, -0.2) is 0 Å². The van der Waals surface area contributed by atoms with E-state index in [1.807, 2.05) is 44.2 Å². The fourth-order valence-electron chi connectivity index (χ4n) is 1.90. The summed E-state index contributed by atoms with van der Waals surface area (Å²) < 4.78 is 5.88. The van der Waals surface area contributed by atoms with Crippen LogP contribution in [0.2, 0.25) is 0 Å². The van der Waals surface area contributed by atoms with Crippen molar-refractivity contribution in [2.75, 3.05) is 0 Å². The van der Waals surface area contributed by atoms with Gasteiger partial charge in [-0.25, -0.2) is 0 Å². The minimum Gasteiger partial charge on any atom is -0.489 e. The van der Waals surface area contributed by atoms with Crippen molar-refractivity contribution < 1.29 is 4.74 Å². The topological polar surface area (TPSA) is 9.23 Å². The van der Waals surface area contributed by atoms with Crippen molar-refractivity contribution in [3.63, 3.8) is 0 Å². The maximum atomic E-state index is 5.96. The first-order valence-corrected chi connectivity index (χ1v) is 7.01. The van der Waals surface area contributed by atoms with Gasteiger partial charge >= 0.3 is 0 Å². The molecule has 0 heterocycles. The van der Waals surface area contributed by atoms with Crippen LogP contribution in [0.3, 0.4) is 0 Å². The molecule has 3 heteroatoms. The molecule has 2 aromatic carbocycles. The molecule has 0 amide bonds. The van der Waals surface area contributed by atoms with Crippen LogP contribution < -0.4 is 4.74 Å². The van der Waals surface area contributed by atoms with E-state index in [1.165, 1.54) is 5.56 Å². The van der Waals surface area contributed by atoms with Crippen molar-refractivity contribution in [2.24, 2.45) is 0 Å². The van der Waals surface area contributed by atoms with Gasteiger partial charge in [0.15, 0.2) is 0 Å². The molecule has 19 heavy (non-hydrogen) atoms. The van der Waals surface area contributed by atoms with E-state index in [0.717, 1.165) is 22.4 Å². The van der Waals surface area contributed by atoms with E-state index in [9.17, 15) is 0 Å². The number of hydrogen-bond acceptors (Lipinski definition) is 1. The van der Waals surface area contributed by atoms with Crippen LogP contribution in [0.15, 0.2) is 42.5 Å². The molecule has 0 aliphatic carbocycles. The lowest BCUT2D eigenvalue weighted by molar-refractivity contribution is 0.303. The summed E-state index contributed by atoms with van der Waals surface area (Å²) in [6.07, 6.45) is 0. The molecule has 0 atom stereocenters. The Morgan fingerprint density at radius 1 is 1.05 bits per heavy atom. The van der Waals surface area contributed by atoms with Gasteiger partial charge in [-0.3, -0.25) is 0 Å². The van der Waals surface area contributed by atoms with Crippen LogP contribution in [-0.2, 0) is 6.61 Å². The van der Waals surface area contributed by atoms with Gasteiger partial charge in [-0.15, -0.1) is 23.2 Å². The standard InChI is InChI=1S/C16H16Cl2O/c1-11-7-8-12(2)15(9-11)19-10-13-5-3-4-6-14(13)16(17)18/h3-9,16H,10H2,1-2H3. The van der Waals surface area contributed by atoms with Gasteiger partial charge in [-0.05, 0) is 42.2 Å². The van der Waals surface area contributed by atoms with E-state index in [0.29, 0.717) is 6.61 Å². The highest BCUT2D eigenvalue weighted by Crippen LogP contribution is 2.29. The second-order valence-electron chi connectivity index (χ2n) is 4.56. The van der Waals surface area contributed by atoms with Crippen molar-refractivity contribution in [1.82, 2.24) is 0 Å². The van der Waals surface area contributed by atoms with Crippen LogP contribution in [0.1, 0.15) is 27.1 Å². The summed E-state index contributed by atoms with van der Waals surface area (Å²) in [5, 5.41) is 0. The van der Waals surface area contributed by atoms with Gasteiger partial charge in [0.1, 0.15) is 17.2 Å². The monoisotopic (exact) mass is 294 g/mol. The zero-order chi connectivity index (χ0) is 13.8. The van der Waals surface area contributed by atoms with Crippen LogP contribution in [0.25, 0.3) is 0 Å². The maximum absolute atomic E-state index is 5.96. The predicted molar refractivity (Wildman–Crippen MR) is 81.1 cm³/mol. The lowest BCUT2D eigenvalue weighted by Crippen LogP contribution is -2.01. The molecular weight excluding hydrogens is 279 g/mol. The molecule has 0 aliphatic heterocycles. The summed E-state index contributed by atoms with van der Waals surface area (Å²) in [7, 11) is 0. The van der Waals surface area contributed by atoms with E-state index in [-0.39, 0.29) is 0 Å². The summed E-state index contributed by atoms with van der Waals surface area (Å²) in [4.78, 5) is -0.529. The quantitative estimate of drug-likeness (QED) is 0.690.